The summed E-state index contributed by atoms with van der Waals surface area (Å²) < 4.78 is 2.24. The topological polar surface area (TPSA) is 73.1 Å². The summed E-state index contributed by atoms with van der Waals surface area (Å²) in [5.41, 5.74) is -0.463. The molecular formula is C17H18ClN3O3. The van der Waals surface area contributed by atoms with Gasteiger partial charge in [0.15, 0.2) is 0 Å². The molecule has 0 atom stereocenters. The maximum Gasteiger partial charge on any atom is 0.330 e. The zero-order valence-corrected chi connectivity index (χ0v) is 14.3. The second-order valence-electron chi connectivity index (χ2n) is 6.30. The normalized spacial score (nSPS) is 15.1. The van der Waals surface area contributed by atoms with Crippen molar-refractivity contribution in [2.24, 2.45) is 19.5 Å². The number of carbonyl (C=O) groups is 1. The van der Waals surface area contributed by atoms with E-state index in [1.165, 1.54) is 24.9 Å². The number of nitrogens with zero attached hydrogens (tertiary/aromatic N) is 2. The molecule has 0 saturated heterocycles. The highest BCUT2D eigenvalue weighted by Crippen LogP contribution is 2.49. The number of anilines is 1. The van der Waals surface area contributed by atoms with Crippen molar-refractivity contribution in [2.75, 3.05) is 5.32 Å². The molecule has 7 heteroatoms. The van der Waals surface area contributed by atoms with Crippen LogP contribution in [0.2, 0.25) is 5.02 Å². The number of aromatic nitrogens is 2. The van der Waals surface area contributed by atoms with Crippen LogP contribution < -0.4 is 16.6 Å². The van der Waals surface area contributed by atoms with E-state index < -0.39 is 16.7 Å². The fourth-order valence-corrected chi connectivity index (χ4v) is 2.99. The average Bonchev–Trinajstić information content (AvgIpc) is 3.34. The second kappa shape index (κ2) is 5.94. The molecule has 1 aromatic heterocycles. The largest absolute Gasteiger partial charge is 0.330 e. The van der Waals surface area contributed by atoms with Crippen molar-refractivity contribution < 1.29 is 4.79 Å². The number of benzene rings is 1. The number of hydrogen-bond acceptors (Lipinski definition) is 3. The lowest BCUT2D eigenvalue weighted by Crippen LogP contribution is -2.39. The molecule has 6 nitrogen and oxygen atoms in total. The van der Waals surface area contributed by atoms with Crippen LogP contribution in [-0.2, 0) is 25.3 Å². The van der Waals surface area contributed by atoms with Crippen molar-refractivity contribution in [2.45, 2.75) is 19.3 Å². The van der Waals surface area contributed by atoms with Gasteiger partial charge in [0.2, 0.25) is 5.91 Å². The van der Waals surface area contributed by atoms with Gasteiger partial charge in [-0.2, -0.15) is 0 Å². The van der Waals surface area contributed by atoms with Crippen molar-refractivity contribution >= 4 is 23.2 Å². The van der Waals surface area contributed by atoms with Crippen molar-refractivity contribution in [3.05, 3.63) is 61.9 Å². The Morgan fingerprint density at radius 3 is 2.54 bits per heavy atom. The maximum absolute atomic E-state index is 12.7. The van der Waals surface area contributed by atoms with Gasteiger partial charge in [0.05, 0.1) is 5.41 Å². The molecule has 1 N–H and O–H groups in total. The first-order valence-corrected chi connectivity index (χ1v) is 8.03. The van der Waals surface area contributed by atoms with Gasteiger partial charge >= 0.3 is 5.69 Å². The molecule has 1 fully saturated rings. The summed E-state index contributed by atoms with van der Waals surface area (Å²) in [5, 5.41) is 3.32. The van der Waals surface area contributed by atoms with E-state index in [1.54, 1.807) is 6.07 Å². The van der Waals surface area contributed by atoms with E-state index in [0.717, 1.165) is 23.0 Å². The Kier molecular flexibility index (Phi) is 4.09. The number of amides is 1. The Balaban J connectivity index is 1.84. The Hall–Kier alpha value is -2.34. The van der Waals surface area contributed by atoms with E-state index >= 15 is 0 Å². The predicted molar refractivity (Wildman–Crippen MR) is 92.4 cm³/mol. The molecule has 0 aliphatic heterocycles. The van der Waals surface area contributed by atoms with Crippen molar-refractivity contribution in [1.29, 1.82) is 0 Å². The van der Waals surface area contributed by atoms with Gasteiger partial charge in [-0.1, -0.05) is 29.8 Å². The van der Waals surface area contributed by atoms with E-state index in [4.69, 9.17) is 11.6 Å². The van der Waals surface area contributed by atoms with Gasteiger partial charge in [0.25, 0.3) is 5.56 Å². The first-order chi connectivity index (χ1) is 11.3. The first-order valence-electron chi connectivity index (χ1n) is 7.66. The van der Waals surface area contributed by atoms with Gasteiger partial charge in [0.1, 0.15) is 5.69 Å². The highest BCUT2D eigenvalue weighted by atomic mass is 35.5. The van der Waals surface area contributed by atoms with Crippen LogP contribution in [0.4, 0.5) is 5.69 Å². The lowest BCUT2D eigenvalue weighted by molar-refractivity contribution is -0.121. The molecule has 0 bridgehead atoms. The second-order valence-corrected chi connectivity index (χ2v) is 6.71. The third-order valence-electron chi connectivity index (χ3n) is 4.52. The Bertz CT molecular complexity index is 925. The number of rotatable bonds is 4. The van der Waals surface area contributed by atoms with Gasteiger partial charge < -0.3 is 9.88 Å². The van der Waals surface area contributed by atoms with Crippen LogP contribution in [0, 0.1) is 5.41 Å². The van der Waals surface area contributed by atoms with Gasteiger partial charge in [-0.25, -0.2) is 4.79 Å². The fourth-order valence-electron chi connectivity index (χ4n) is 2.79. The molecule has 1 amide bonds. The van der Waals surface area contributed by atoms with E-state index in [-0.39, 0.29) is 11.6 Å². The summed E-state index contributed by atoms with van der Waals surface area (Å²) in [7, 11) is 2.92. The van der Waals surface area contributed by atoms with Gasteiger partial charge in [-0.05, 0) is 30.9 Å². The number of carbonyl (C=O) groups excluding carboxylic acids is 1. The van der Waals surface area contributed by atoms with Crippen LogP contribution in [0.15, 0.2) is 40.1 Å². The van der Waals surface area contributed by atoms with Crippen LogP contribution >= 0.6 is 11.6 Å². The summed E-state index contributed by atoms with van der Waals surface area (Å²) in [6.45, 7) is 0. The molecule has 2 aromatic rings. The summed E-state index contributed by atoms with van der Waals surface area (Å²) in [6.07, 6.45) is 3.38. The summed E-state index contributed by atoms with van der Waals surface area (Å²) in [4.78, 5) is 36.5. The average molecular weight is 348 g/mol. The summed E-state index contributed by atoms with van der Waals surface area (Å²) in [6, 6.07) is 7.44. The molecule has 1 aromatic carbocycles. The molecule has 1 saturated carbocycles. The Labute approximate surface area is 143 Å². The molecule has 126 valence electrons. The smallest absolute Gasteiger partial charge is 0.320 e. The lowest BCUT2D eigenvalue weighted by Gasteiger charge is -2.16. The third kappa shape index (κ3) is 2.89. The number of aryl methyl sites for hydroxylation is 1. The molecule has 0 spiro atoms. The number of nitrogens with one attached hydrogen (secondary N) is 1. The molecule has 0 unspecified atom stereocenters. The molecule has 24 heavy (non-hydrogen) atoms. The third-order valence-corrected chi connectivity index (χ3v) is 4.89. The molecular weight excluding hydrogens is 330 g/mol. The van der Waals surface area contributed by atoms with Crippen LogP contribution in [0.3, 0.4) is 0 Å². The van der Waals surface area contributed by atoms with Gasteiger partial charge in [-0.15, -0.1) is 0 Å². The monoisotopic (exact) mass is 347 g/mol. The summed E-state index contributed by atoms with van der Waals surface area (Å²) >= 11 is 6.18. The van der Waals surface area contributed by atoms with Crippen LogP contribution in [0.1, 0.15) is 18.4 Å². The van der Waals surface area contributed by atoms with Gasteiger partial charge in [-0.3, -0.25) is 14.2 Å². The molecule has 1 aliphatic rings. The summed E-state index contributed by atoms with van der Waals surface area (Å²) in [5.74, 6) is -0.210. The molecule has 1 aliphatic carbocycles. The molecule has 1 heterocycles. The molecule has 3 rings (SSSR count). The van der Waals surface area contributed by atoms with Crippen LogP contribution in [0.25, 0.3) is 0 Å². The van der Waals surface area contributed by atoms with Crippen LogP contribution in [0.5, 0.6) is 0 Å². The Morgan fingerprint density at radius 2 is 1.92 bits per heavy atom. The lowest BCUT2D eigenvalue weighted by atomic mass is 9.95. The quantitative estimate of drug-likeness (QED) is 0.914. The zero-order chi connectivity index (χ0) is 17.5. The van der Waals surface area contributed by atoms with E-state index in [2.05, 4.69) is 5.32 Å². The van der Waals surface area contributed by atoms with Crippen molar-refractivity contribution in [3.8, 4) is 0 Å². The van der Waals surface area contributed by atoms with Crippen LogP contribution in [-0.4, -0.2) is 15.0 Å². The van der Waals surface area contributed by atoms with E-state index in [9.17, 15) is 14.4 Å². The number of halogens is 1. The fraction of sp³-hybridized carbons (Fsp3) is 0.353. The SMILES string of the molecule is Cn1cc(NC(=O)C2(Cc3ccccc3Cl)CC2)c(=O)n(C)c1=O. The zero-order valence-electron chi connectivity index (χ0n) is 13.5. The standard InChI is InChI=1S/C17H18ClN3O3/c1-20-10-13(14(22)21(2)16(20)24)19-15(23)17(7-8-17)9-11-5-3-4-6-12(11)18/h3-6,10H,7-9H2,1-2H3,(H,19,23). The maximum atomic E-state index is 12.7. The van der Waals surface area contributed by atoms with Crippen molar-refractivity contribution in [1.82, 2.24) is 9.13 Å². The minimum atomic E-state index is -0.537. The highest BCUT2D eigenvalue weighted by Gasteiger charge is 2.50. The minimum Gasteiger partial charge on any atom is -0.320 e. The minimum absolute atomic E-state index is 0.107. The first kappa shape index (κ1) is 16.5. The predicted octanol–water partition coefficient (Wildman–Crippen LogP) is 1.70. The van der Waals surface area contributed by atoms with Gasteiger partial charge in [0, 0.05) is 25.3 Å². The van der Waals surface area contributed by atoms with Crippen molar-refractivity contribution in [3.63, 3.8) is 0 Å². The van der Waals surface area contributed by atoms with E-state index in [0.29, 0.717) is 11.4 Å². The number of hydrogen-bond donors (Lipinski definition) is 1. The Morgan fingerprint density at radius 1 is 1.25 bits per heavy atom. The van der Waals surface area contributed by atoms with E-state index in [1.807, 2.05) is 18.2 Å². The highest BCUT2D eigenvalue weighted by molar-refractivity contribution is 6.31. The molecule has 0 radical (unpaired) electrons.